The monoisotopic (exact) mass is 410 g/mol. The van der Waals surface area contributed by atoms with E-state index in [4.69, 9.17) is 25.8 Å². The number of halogens is 1. The molecule has 1 aromatic carbocycles. The van der Waals surface area contributed by atoms with Crippen molar-refractivity contribution in [2.24, 2.45) is 0 Å². The van der Waals surface area contributed by atoms with Crippen molar-refractivity contribution < 1.29 is 28.6 Å². The standard InChI is InChI=1S/C19H23ClN2O6/c1-4-14-16(18(24)26-5-2)15(22-19(25)21-14)10-27-17(23)11(3)28-13-8-6-12(20)7-9-13/h6-9,11,14H,4-5,10H2,1-3H3,(H2,21,22,25)/t11-,14-/m1/s1. The van der Waals surface area contributed by atoms with Gasteiger partial charge in [-0.3, -0.25) is 0 Å². The maximum Gasteiger partial charge on any atom is 0.347 e. The lowest BCUT2D eigenvalue weighted by atomic mass is 10.0. The molecule has 1 aliphatic rings. The van der Waals surface area contributed by atoms with Gasteiger partial charge in [0.1, 0.15) is 12.4 Å². The molecule has 1 aromatic rings. The van der Waals surface area contributed by atoms with Gasteiger partial charge >= 0.3 is 18.0 Å². The first-order valence-corrected chi connectivity index (χ1v) is 9.30. The topological polar surface area (TPSA) is 103 Å². The molecule has 0 spiro atoms. The number of nitrogens with one attached hydrogen (secondary N) is 2. The van der Waals surface area contributed by atoms with Crippen molar-refractivity contribution in [2.75, 3.05) is 13.2 Å². The van der Waals surface area contributed by atoms with Crippen LogP contribution in [0.2, 0.25) is 5.02 Å². The number of ether oxygens (including phenoxy) is 3. The normalized spacial score (nSPS) is 17.3. The number of urea groups is 1. The summed E-state index contributed by atoms with van der Waals surface area (Å²) >= 11 is 5.81. The molecule has 0 saturated carbocycles. The molecule has 2 atom stereocenters. The summed E-state index contributed by atoms with van der Waals surface area (Å²) in [5.74, 6) is -0.758. The van der Waals surface area contributed by atoms with E-state index in [-0.39, 0.29) is 24.5 Å². The number of carbonyl (C=O) groups is 3. The van der Waals surface area contributed by atoms with E-state index in [1.807, 2.05) is 6.92 Å². The molecule has 0 fully saturated rings. The average molecular weight is 411 g/mol. The molecule has 1 heterocycles. The van der Waals surface area contributed by atoms with Crippen molar-refractivity contribution in [3.63, 3.8) is 0 Å². The smallest absolute Gasteiger partial charge is 0.347 e. The molecule has 0 bridgehead atoms. The molecule has 0 saturated heterocycles. The summed E-state index contributed by atoms with van der Waals surface area (Å²) in [7, 11) is 0. The van der Waals surface area contributed by atoms with E-state index in [1.165, 1.54) is 6.92 Å². The maximum absolute atomic E-state index is 12.3. The lowest BCUT2D eigenvalue weighted by Crippen LogP contribution is -2.51. The Balaban J connectivity index is 2.07. The molecule has 2 N–H and O–H groups in total. The van der Waals surface area contributed by atoms with E-state index in [2.05, 4.69) is 10.6 Å². The Labute approximate surface area is 168 Å². The number of esters is 2. The molecular formula is C19H23ClN2O6. The van der Waals surface area contributed by atoms with Gasteiger partial charge in [-0.25, -0.2) is 14.4 Å². The van der Waals surface area contributed by atoms with Gasteiger partial charge in [-0.2, -0.15) is 0 Å². The van der Waals surface area contributed by atoms with Gasteiger partial charge in [-0.05, 0) is 44.5 Å². The van der Waals surface area contributed by atoms with Crippen LogP contribution in [0.1, 0.15) is 27.2 Å². The van der Waals surface area contributed by atoms with Crippen LogP contribution in [0.5, 0.6) is 5.75 Å². The van der Waals surface area contributed by atoms with Gasteiger partial charge in [-0.15, -0.1) is 0 Å². The Morgan fingerprint density at radius 2 is 1.86 bits per heavy atom. The second-order valence-electron chi connectivity index (χ2n) is 5.99. The Kier molecular flexibility index (Phi) is 7.69. The number of benzene rings is 1. The van der Waals surface area contributed by atoms with Crippen LogP contribution < -0.4 is 15.4 Å². The fraction of sp³-hybridized carbons (Fsp3) is 0.421. The van der Waals surface area contributed by atoms with Gasteiger partial charge in [0.25, 0.3) is 0 Å². The van der Waals surface area contributed by atoms with Crippen LogP contribution in [-0.4, -0.2) is 43.3 Å². The van der Waals surface area contributed by atoms with E-state index < -0.39 is 30.1 Å². The third-order valence-electron chi connectivity index (χ3n) is 3.96. The predicted molar refractivity (Wildman–Crippen MR) is 102 cm³/mol. The molecule has 0 unspecified atom stereocenters. The fourth-order valence-electron chi connectivity index (χ4n) is 2.60. The minimum Gasteiger partial charge on any atom is -0.479 e. The van der Waals surface area contributed by atoms with Crippen LogP contribution >= 0.6 is 11.6 Å². The van der Waals surface area contributed by atoms with Gasteiger partial charge in [0.2, 0.25) is 0 Å². The van der Waals surface area contributed by atoms with Crippen LogP contribution in [0.4, 0.5) is 4.79 Å². The fourth-order valence-corrected chi connectivity index (χ4v) is 2.73. The Morgan fingerprint density at radius 3 is 2.46 bits per heavy atom. The third kappa shape index (κ3) is 5.63. The summed E-state index contributed by atoms with van der Waals surface area (Å²) < 4.78 is 15.8. The molecular weight excluding hydrogens is 388 g/mol. The van der Waals surface area contributed by atoms with E-state index in [0.717, 1.165) is 0 Å². The summed E-state index contributed by atoms with van der Waals surface area (Å²) in [4.78, 5) is 36.4. The summed E-state index contributed by atoms with van der Waals surface area (Å²) in [6, 6.07) is 5.54. The highest BCUT2D eigenvalue weighted by molar-refractivity contribution is 6.30. The average Bonchev–Trinajstić information content (AvgIpc) is 2.67. The van der Waals surface area contributed by atoms with Crippen LogP contribution in [0.15, 0.2) is 35.5 Å². The van der Waals surface area contributed by atoms with Gasteiger partial charge in [0.05, 0.1) is 23.9 Å². The summed E-state index contributed by atoms with van der Waals surface area (Å²) in [6.45, 7) is 4.94. The molecule has 2 amide bonds. The molecule has 2 rings (SSSR count). The lowest BCUT2D eigenvalue weighted by molar-refractivity contribution is -0.150. The minimum absolute atomic E-state index is 0.186. The number of rotatable bonds is 8. The third-order valence-corrected chi connectivity index (χ3v) is 4.22. The molecule has 0 aromatic heterocycles. The Hall–Kier alpha value is -2.74. The highest BCUT2D eigenvalue weighted by Gasteiger charge is 2.32. The molecule has 1 aliphatic heterocycles. The van der Waals surface area contributed by atoms with Crippen molar-refractivity contribution in [1.82, 2.24) is 10.6 Å². The van der Waals surface area contributed by atoms with Crippen LogP contribution in [0.25, 0.3) is 0 Å². The summed E-state index contributed by atoms with van der Waals surface area (Å²) in [6.07, 6.45) is -0.415. The lowest BCUT2D eigenvalue weighted by Gasteiger charge is -2.28. The molecule has 9 heteroatoms. The van der Waals surface area contributed by atoms with Gasteiger partial charge in [0, 0.05) is 5.02 Å². The van der Waals surface area contributed by atoms with E-state index >= 15 is 0 Å². The second kappa shape index (κ2) is 9.98. The molecule has 8 nitrogen and oxygen atoms in total. The van der Waals surface area contributed by atoms with Crippen LogP contribution in [0.3, 0.4) is 0 Å². The van der Waals surface area contributed by atoms with E-state index in [0.29, 0.717) is 17.2 Å². The van der Waals surface area contributed by atoms with Crippen molar-refractivity contribution >= 4 is 29.6 Å². The number of amides is 2. The molecule has 0 radical (unpaired) electrons. The van der Waals surface area contributed by atoms with Gasteiger partial charge < -0.3 is 24.8 Å². The minimum atomic E-state index is -0.896. The number of hydrogen-bond donors (Lipinski definition) is 2. The highest BCUT2D eigenvalue weighted by Crippen LogP contribution is 2.19. The van der Waals surface area contributed by atoms with Crippen molar-refractivity contribution in [3.8, 4) is 5.75 Å². The molecule has 0 aliphatic carbocycles. The summed E-state index contributed by atoms with van der Waals surface area (Å²) in [5, 5.41) is 5.71. The molecule has 28 heavy (non-hydrogen) atoms. The second-order valence-corrected chi connectivity index (χ2v) is 6.43. The van der Waals surface area contributed by atoms with Crippen molar-refractivity contribution in [3.05, 3.63) is 40.6 Å². The zero-order valence-corrected chi connectivity index (χ0v) is 16.7. The zero-order valence-electron chi connectivity index (χ0n) is 15.9. The van der Waals surface area contributed by atoms with E-state index in [9.17, 15) is 14.4 Å². The predicted octanol–water partition coefficient (Wildman–Crippen LogP) is 2.56. The van der Waals surface area contributed by atoms with Crippen molar-refractivity contribution in [1.29, 1.82) is 0 Å². The summed E-state index contributed by atoms with van der Waals surface area (Å²) in [5.41, 5.74) is 0.434. The van der Waals surface area contributed by atoms with Gasteiger partial charge in [0.15, 0.2) is 6.10 Å². The van der Waals surface area contributed by atoms with Crippen molar-refractivity contribution in [2.45, 2.75) is 39.3 Å². The zero-order chi connectivity index (χ0) is 20.7. The Morgan fingerprint density at radius 1 is 1.18 bits per heavy atom. The first-order chi connectivity index (χ1) is 13.3. The quantitative estimate of drug-likeness (QED) is 0.638. The highest BCUT2D eigenvalue weighted by atomic mass is 35.5. The number of carbonyl (C=O) groups excluding carboxylic acids is 3. The largest absolute Gasteiger partial charge is 0.479 e. The maximum atomic E-state index is 12.3. The van der Waals surface area contributed by atoms with Crippen LogP contribution in [0, 0.1) is 0 Å². The first-order valence-electron chi connectivity index (χ1n) is 8.92. The SMILES string of the molecule is CCOC(=O)C1=C(COC(=O)[C@@H](C)Oc2ccc(Cl)cc2)NC(=O)N[C@@H]1CC. The van der Waals surface area contributed by atoms with Gasteiger partial charge in [-0.1, -0.05) is 18.5 Å². The first kappa shape index (κ1) is 21.6. The number of hydrogen-bond acceptors (Lipinski definition) is 6. The molecule has 152 valence electrons. The van der Waals surface area contributed by atoms with E-state index in [1.54, 1.807) is 31.2 Å². The van der Waals surface area contributed by atoms with Crippen LogP contribution in [-0.2, 0) is 19.1 Å². The Bertz CT molecular complexity index is 762.